The van der Waals surface area contributed by atoms with Crippen LogP contribution in [0.4, 0.5) is 0 Å². The first-order valence-corrected chi connectivity index (χ1v) is 7.05. The minimum Gasteiger partial charge on any atom is -0.273 e. The maximum atomic E-state index is 11.9. The lowest BCUT2D eigenvalue weighted by atomic mass is 9.94. The summed E-state index contributed by atoms with van der Waals surface area (Å²) < 4.78 is 0. The zero-order valence-electron chi connectivity index (χ0n) is 11.7. The van der Waals surface area contributed by atoms with E-state index in [1.54, 1.807) is 12.1 Å². The number of nitrogens with one attached hydrogen (secondary N) is 2. The minimum absolute atomic E-state index is 0.0391. The lowest BCUT2D eigenvalue weighted by Gasteiger charge is -2.17. The number of carbonyl (C=O) groups excluding carboxylic acids is 2. The van der Waals surface area contributed by atoms with Gasteiger partial charge in [0.25, 0.3) is 5.91 Å². The highest BCUT2D eigenvalue weighted by molar-refractivity contribution is 5.95. The molecule has 0 spiro atoms. The number of amides is 2. The molecule has 106 valence electrons. The van der Waals surface area contributed by atoms with E-state index in [1.807, 2.05) is 18.2 Å². The predicted octanol–water partition coefficient (Wildman–Crippen LogP) is 2.37. The van der Waals surface area contributed by atoms with E-state index in [0.29, 0.717) is 5.56 Å². The highest BCUT2D eigenvalue weighted by atomic mass is 16.2. The summed E-state index contributed by atoms with van der Waals surface area (Å²) in [5, 5.41) is 0. The van der Waals surface area contributed by atoms with Gasteiger partial charge in [-0.15, -0.1) is 0 Å². The number of allylic oxidation sites excluding steroid dienone is 2. The van der Waals surface area contributed by atoms with Crippen LogP contribution in [-0.2, 0) is 11.2 Å². The first-order valence-electron chi connectivity index (χ1n) is 7.05. The standard InChI is InChI=1S/C16H20N2O2/c1-2-12-8-10-14(11-9-12)16(20)18-17-15(19)13-6-4-3-5-7-13/h3-4,8-11,13H,2,5-7H2,1H3,(H,17,19)(H,18,20)/t13-/m1/s1. The molecule has 0 radical (unpaired) electrons. The molecule has 0 saturated heterocycles. The van der Waals surface area contributed by atoms with Gasteiger partial charge >= 0.3 is 0 Å². The zero-order chi connectivity index (χ0) is 14.4. The molecular weight excluding hydrogens is 252 g/mol. The normalized spacial score (nSPS) is 17.6. The van der Waals surface area contributed by atoms with Crippen molar-refractivity contribution in [1.82, 2.24) is 10.9 Å². The second-order valence-electron chi connectivity index (χ2n) is 4.98. The van der Waals surface area contributed by atoms with Crippen LogP contribution in [0.5, 0.6) is 0 Å². The number of benzene rings is 1. The van der Waals surface area contributed by atoms with Gasteiger partial charge in [-0.25, -0.2) is 0 Å². The summed E-state index contributed by atoms with van der Waals surface area (Å²) in [6.07, 6.45) is 7.53. The summed E-state index contributed by atoms with van der Waals surface area (Å²) in [7, 11) is 0. The van der Waals surface area contributed by atoms with E-state index in [4.69, 9.17) is 0 Å². The van der Waals surface area contributed by atoms with E-state index in [0.717, 1.165) is 25.7 Å². The number of carbonyl (C=O) groups is 2. The molecule has 2 N–H and O–H groups in total. The Balaban J connectivity index is 1.84. The molecule has 0 unspecified atom stereocenters. The van der Waals surface area contributed by atoms with Gasteiger partial charge in [0.15, 0.2) is 0 Å². The first-order chi connectivity index (χ1) is 9.70. The fourth-order valence-electron chi connectivity index (χ4n) is 2.22. The Hall–Kier alpha value is -2.10. The summed E-state index contributed by atoms with van der Waals surface area (Å²) in [4.78, 5) is 23.8. The molecule has 20 heavy (non-hydrogen) atoms. The van der Waals surface area contributed by atoms with Crippen molar-refractivity contribution in [3.8, 4) is 0 Å². The van der Waals surface area contributed by atoms with Gasteiger partial charge in [-0.2, -0.15) is 0 Å². The van der Waals surface area contributed by atoms with Crippen molar-refractivity contribution in [3.63, 3.8) is 0 Å². The Morgan fingerprint density at radius 2 is 1.90 bits per heavy atom. The Kier molecular flexibility index (Phi) is 4.93. The quantitative estimate of drug-likeness (QED) is 0.655. The number of rotatable bonds is 3. The molecule has 1 aliphatic rings. The molecule has 0 fully saturated rings. The van der Waals surface area contributed by atoms with Gasteiger partial charge < -0.3 is 0 Å². The summed E-state index contributed by atoms with van der Waals surface area (Å²) in [6.45, 7) is 2.06. The lowest BCUT2D eigenvalue weighted by molar-refractivity contribution is -0.126. The largest absolute Gasteiger partial charge is 0.273 e. The summed E-state index contributed by atoms with van der Waals surface area (Å²) in [5.74, 6) is -0.442. The van der Waals surface area contributed by atoms with Crippen LogP contribution in [0.25, 0.3) is 0 Å². The van der Waals surface area contributed by atoms with Gasteiger partial charge in [0.05, 0.1) is 0 Å². The second-order valence-corrected chi connectivity index (χ2v) is 4.98. The molecule has 0 aromatic heterocycles. The van der Waals surface area contributed by atoms with Gasteiger partial charge in [0, 0.05) is 11.5 Å². The number of hydrogen-bond acceptors (Lipinski definition) is 2. The van der Waals surface area contributed by atoms with E-state index >= 15 is 0 Å². The zero-order valence-corrected chi connectivity index (χ0v) is 11.7. The maximum Gasteiger partial charge on any atom is 0.269 e. The average molecular weight is 272 g/mol. The molecule has 1 aromatic rings. The van der Waals surface area contributed by atoms with Crippen molar-refractivity contribution in [2.75, 3.05) is 0 Å². The maximum absolute atomic E-state index is 11.9. The van der Waals surface area contributed by atoms with E-state index in [1.165, 1.54) is 5.56 Å². The smallest absolute Gasteiger partial charge is 0.269 e. The predicted molar refractivity (Wildman–Crippen MR) is 77.9 cm³/mol. The van der Waals surface area contributed by atoms with Crippen molar-refractivity contribution >= 4 is 11.8 Å². The Morgan fingerprint density at radius 3 is 2.50 bits per heavy atom. The molecule has 2 amide bonds. The van der Waals surface area contributed by atoms with E-state index in [2.05, 4.69) is 23.9 Å². The SMILES string of the molecule is CCc1ccc(C(=O)NNC(=O)[C@@H]2CC=CCC2)cc1. The van der Waals surface area contributed by atoms with Gasteiger partial charge in [-0.05, 0) is 43.4 Å². The Morgan fingerprint density at radius 1 is 1.15 bits per heavy atom. The van der Waals surface area contributed by atoms with Crippen LogP contribution in [0.15, 0.2) is 36.4 Å². The topological polar surface area (TPSA) is 58.2 Å². The number of hydrazine groups is 1. The van der Waals surface area contributed by atoms with Crippen LogP contribution in [0.3, 0.4) is 0 Å². The third-order valence-electron chi connectivity index (χ3n) is 3.56. The van der Waals surface area contributed by atoms with Crippen molar-refractivity contribution in [2.45, 2.75) is 32.6 Å². The molecule has 0 aliphatic heterocycles. The molecule has 1 aromatic carbocycles. The van der Waals surface area contributed by atoms with Gasteiger partial charge in [0.2, 0.25) is 5.91 Å². The highest BCUT2D eigenvalue weighted by Gasteiger charge is 2.19. The fourth-order valence-corrected chi connectivity index (χ4v) is 2.22. The lowest BCUT2D eigenvalue weighted by Crippen LogP contribution is -2.44. The van der Waals surface area contributed by atoms with Crippen molar-refractivity contribution < 1.29 is 9.59 Å². The van der Waals surface area contributed by atoms with Crippen molar-refractivity contribution in [3.05, 3.63) is 47.5 Å². The van der Waals surface area contributed by atoms with Crippen LogP contribution < -0.4 is 10.9 Å². The minimum atomic E-state index is -0.285. The third kappa shape index (κ3) is 3.70. The third-order valence-corrected chi connectivity index (χ3v) is 3.56. The Labute approximate surface area is 119 Å². The van der Waals surface area contributed by atoms with E-state index in [9.17, 15) is 9.59 Å². The Bertz CT molecular complexity index is 506. The van der Waals surface area contributed by atoms with Crippen LogP contribution in [0, 0.1) is 5.92 Å². The summed E-state index contributed by atoms with van der Waals surface area (Å²) in [6, 6.07) is 7.37. The molecular formula is C16H20N2O2. The molecule has 0 saturated carbocycles. The fraction of sp³-hybridized carbons (Fsp3) is 0.375. The van der Waals surface area contributed by atoms with Gasteiger partial charge in [-0.3, -0.25) is 20.4 Å². The first kappa shape index (κ1) is 14.3. The number of hydrogen-bond donors (Lipinski definition) is 2. The van der Waals surface area contributed by atoms with Crippen LogP contribution in [0.2, 0.25) is 0 Å². The van der Waals surface area contributed by atoms with E-state index < -0.39 is 0 Å². The van der Waals surface area contributed by atoms with Crippen molar-refractivity contribution in [2.24, 2.45) is 5.92 Å². The van der Waals surface area contributed by atoms with E-state index in [-0.39, 0.29) is 17.7 Å². The van der Waals surface area contributed by atoms with Gasteiger partial charge in [-0.1, -0.05) is 31.2 Å². The monoisotopic (exact) mass is 272 g/mol. The number of aryl methyl sites for hydroxylation is 1. The highest BCUT2D eigenvalue weighted by Crippen LogP contribution is 2.17. The van der Waals surface area contributed by atoms with Crippen LogP contribution >= 0.6 is 0 Å². The molecule has 1 aliphatic carbocycles. The second kappa shape index (κ2) is 6.89. The summed E-state index contributed by atoms with van der Waals surface area (Å²) >= 11 is 0. The van der Waals surface area contributed by atoms with Crippen LogP contribution in [-0.4, -0.2) is 11.8 Å². The molecule has 0 bridgehead atoms. The molecule has 1 atom stereocenters. The molecule has 2 rings (SSSR count). The van der Waals surface area contributed by atoms with Gasteiger partial charge in [0.1, 0.15) is 0 Å². The average Bonchev–Trinajstić information content (AvgIpc) is 2.53. The molecule has 4 heteroatoms. The summed E-state index contributed by atoms with van der Waals surface area (Å²) in [5.41, 5.74) is 6.71. The van der Waals surface area contributed by atoms with Crippen molar-refractivity contribution in [1.29, 1.82) is 0 Å². The van der Waals surface area contributed by atoms with Crippen LogP contribution in [0.1, 0.15) is 42.1 Å². The molecule has 0 heterocycles. The molecule has 4 nitrogen and oxygen atoms in total.